The molecule has 9 nitrogen and oxygen atoms in total. The number of nitrogens with zero attached hydrogens (tertiary/aromatic N) is 2. The number of esters is 1. The first-order valence-corrected chi connectivity index (χ1v) is 11.4. The van der Waals surface area contributed by atoms with Crippen molar-refractivity contribution in [3.63, 3.8) is 0 Å². The topological polar surface area (TPSA) is 127 Å². The molecular formula is C24H32N4O5. The van der Waals surface area contributed by atoms with Crippen molar-refractivity contribution < 1.29 is 14.3 Å². The maximum Gasteiger partial charge on any atom is 0.330 e. The Morgan fingerprint density at radius 2 is 1.82 bits per heavy atom. The van der Waals surface area contributed by atoms with Gasteiger partial charge < -0.3 is 15.4 Å². The minimum Gasteiger partial charge on any atom is -0.455 e. The normalized spacial score (nSPS) is 14.3. The van der Waals surface area contributed by atoms with Crippen LogP contribution in [0.5, 0.6) is 0 Å². The number of nitrogens with two attached hydrogens (primary N) is 1. The second-order valence-electron chi connectivity index (χ2n) is 8.91. The minimum atomic E-state index is -0.755. The standard InChI is InChI=1S/C24H32N4O5/c1-16(2)13-27(19(29)15-33-23(31)18-11-7-4-8-12-18)20-21(25)28(24(32)26-22(20)30)14-17-9-5-3-6-10-17/h3,5-6,9-10,16,18H,4,7-8,11-15,25H2,1-2H3,(H,26,30,32). The fourth-order valence-electron chi connectivity index (χ4n) is 4.11. The number of amides is 1. The van der Waals surface area contributed by atoms with Crippen molar-refractivity contribution in [3.05, 3.63) is 56.7 Å². The van der Waals surface area contributed by atoms with Crippen LogP contribution >= 0.6 is 0 Å². The van der Waals surface area contributed by atoms with Gasteiger partial charge in [-0.2, -0.15) is 0 Å². The molecule has 33 heavy (non-hydrogen) atoms. The van der Waals surface area contributed by atoms with Crippen LogP contribution in [0.2, 0.25) is 0 Å². The molecule has 0 radical (unpaired) electrons. The van der Waals surface area contributed by atoms with Gasteiger partial charge in [-0.05, 0) is 24.3 Å². The third-order valence-electron chi connectivity index (χ3n) is 5.79. The number of aromatic nitrogens is 2. The van der Waals surface area contributed by atoms with Crippen LogP contribution in [0, 0.1) is 11.8 Å². The highest BCUT2D eigenvalue weighted by molar-refractivity contribution is 5.97. The van der Waals surface area contributed by atoms with Gasteiger partial charge in [-0.1, -0.05) is 63.4 Å². The molecule has 2 aromatic rings. The van der Waals surface area contributed by atoms with Gasteiger partial charge in [-0.3, -0.25) is 23.9 Å². The SMILES string of the molecule is CC(C)CN(C(=O)COC(=O)C1CCCCC1)c1c(N)n(Cc2ccccc2)c(=O)[nH]c1=O. The first-order valence-electron chi connectivity index (χ1n) is 11.4. The van der Waals surface area contributed by atoms with Crippen molar-refractivity contribution in [1.29, 1.82) is 0 Å². The summed E-state index contributed by atoms with van der Waals surface area (Å²) in [5, 5.41) is 0. The highest BCUT2D eigenvalue weighted by atomic mass is 16.5. The third-order valence-corrected chi connectivity index (χ3v) is 5.79. The largest absolute Gasteiger partial charge is 0.455 e. The van der Waals surface area contributed by atoms with E-state index in [4.69, 9.17) is 10.5 Å². The Morgan fingerprint density at radius 3 is 2.45 bits per heavy atom. The van der Waals surface area contributed by atoms with Gasteiger partial charge in [0.1, 0.15) is 5.82 Å². The Kier molecular flexibility index (Phi) is 8.08. The molecule has 3 rings (SSSR count). The Bertz CT molecular complexity index is 1080. The highest BCUT2D eigenvalue weighted by Gasteiger charge is 2.28. The number of carbonyl (C=O) groups excluding carboxylic acids is 2. The number of benzene rings is 1. The fraction of sp³-hybridized carbons (Fsp3) is 0.500. The summed E-state index contributed by atoms with van der Waals surface area (Å²) >= 11 is 0. The van der Waals surface area contributed by atoms with Crippen LogP contribution in [0.4, 0.5) is 11.5 Å². The molecular weight excluding hydrogens is 424 g/mol. The van der Waals surface area contributed by atoms with Gasteiger partial charge in [0.15, 0.2) is 12.3 Å². The summed E-state index contributed by atoms with van der Waals surface area (Å²) in [5.74, 6) is -1.25. The zero-order valence-electron chi connectivity index (χ0n) is 19.2. The summed E-state index contributed by atoms with van der Waals surface area (Å²) in [6.07, 6.45) is 4.58. The number of rotatable bonds is 8. The summed E-state index contributed by atoms with van der Waals surface area (Å²) in [5.41, 5.74) is 5.54. The predicted octanol–water partition coefficient (Wildman–Crippen LogP) is 2.28. The fourth-order valence-corrected chi connectivity index (χ4v) is 4.11. The smallest absolute Gasteiger partial charge is 0.330 e. The van der Waals surface area contributed by atoms with Gasteiger partial charge in [0, 0.05) is 6.54 Å². The van der Waals surface area contributed by atoms with Crippen molar-refractivity contribution in [2.75, 3.05) is 23.8 Å². The Morgan fingerprint density at radius 1 is 1.15 bits per heavy atom. The third kappa shape index (κ3) is 6.12. The first kappa shape index (κ1) is 24.3. The molecule has 1 amide bonds. The van der Waals surface area contributed by atoms with E-state index in [2.05, 4.69) is 4.98 Å². The number of H-pyrrole nitrogens is 1. The van der Waals surface area contributed by atoms with Crippen LogP contribution in [0.1, 0.15) is 51.5 Å². The highest BCUT2D eigenvalue weighted by Crippen LogP contribution is 2.25. The van der Waals surface area contributed by atoms with Crippen molar-refractivity contribution >= 4 is 23.4 Å². The van der Waals surface area contributed by atoms with E-state index in [1.54, 1.807) is 0 Å². The van der Waals surface area contributed by atoms with Crippen LogP contribution in [0.3, 0.4) is 0 Å². The summed E-state index contributed by atoms with van der Waals surface area (Å²) < 4.78 is 6.53. The van der Waals surface area contributed by atoms with Crippen LogP contribution in [0.25, 0.3) is 0 Å². The molecule has 0 spiro atoms. The number of hydrogen-bond donors (Lipinski definition) is 2. The number of nitrogens with one attached hydrogen (secondary N) is 1. The molecule has 1 aromatic heterocycles. The number of anilines is 2. The van der Waals surface area contributed by atoms with Crippen molar-refractivity contribution in [2.45, 2.75) is 52.5 Å². The molecule has 1 aliphatic rings. The van der Waals surface area contributed by atoms with E-state index in [-0.39, 0.29) is 42.4 Å². The predicted molar refractivity (Wildman–Crippen MR) is 126 cm³/mol. The maximum atomic E-state index is 13.1. The molecule has 0 atom stereocenters. The quantitative estimate of drug-likeness (QED) is 0.587. The van der Waals surface area contributed by atoms with E-state index in [1.165, 1.54) is 9.47 Å². The minimum absolute atomic E-state index is 0.00343. The van der Waals surface area contributed by atoms with Gasteiger partial charge in [-0.25, -0.2) is 4.79 Å². The van der Waals surface area contributed by atoms with Crippen LogP contribution < -0.4 is 21.9 Å². The molecule has 0 unspecified atom stereocenters. The molecule has 1 heterocycles. The van der Waals surface area contributed by atoms with Gasteiger partial charge in [-0.15, -0.1) is 0 Å². The van der Waals surface area contributed by atoms with E-state index in [0.29, 0.717) is 0 Å². The first-order chi connectivity index (χ1) is 15.8. The average molecular weight is 457 g/mol. The van der Waals surface area contributed by atoms with E-state index in [1.807, 2.05) is 44.2 Å². The second-order valence-corrected chi connectivity index (χ2v) is 8.91. The number of hydrogen-bond acceptors (Lipinski definition) is 6. The molecule has 0 saturated heterocycles. The lowest BCUT2D eigenvalue weighted by Crippen LogP contribution is -2.44. The monoisotopic (exact) mass is 456 g/mol. The molecule has 3 N–H and O–H groups in total. The van der Waals surface area contributed by atoms with Gasteiger partial charge in [0.05, 0.1) is 12.5 Å². The van der Waals surface area contributed by atoms with E-state index in [0.717, 1.165) is 37.7 Å². The molecule has 1 aromatic carbocycles. The average Bonchev–Trinajstić information content (AvgIpc) is 2.80. The molecule has 178 valence electrons. The van der Waals surface area contributed by atoms with Crippen LogP contribution in [-0.2, 0) is 20.9 Å². The van der Waals surface area contributed by atoms with E-state index >= 15 is 0 Å². The molecule has 1 aliphatic carbocycles. The molecule has 9 heteroatoms. The Balaban J connectivity index is 1.87. The number of nitrogen functional groups attached to an aromatic ring is 1. The van der Waals surface area contributed by atoms with E-state index in [9.17, 15) is 19.2 Å². The zero-order valence-corrected chi connectivity index (χ0v) is 19.2. The van der Waals surface area contributed by atoms with Crippen LogP contribution in [0.15, 0.2) is 39.9 Å². The summed E-state index contributed by atoms with van der Waals surface area (Å²) in [6, 6.07) is 9.18. The number of carbonyl (C=O) groups is 2. The Hall–Kier alpha value is -3.36. The molecule has 0 bridgehead atoms. The summed E-state index contributed by atoms with van der Waals surface area (Å²) in [4.78, 5) is 54.2. The lowest BCUT2D eigenvalue weighted by atomic mass is 9.89. The lowest BCUT2D eigenvalue weighted by Gasteiger charge is -2.26. The van der Waals surface area contributed by atoms with Gasteiger partial charge >= 0.3 is 11.7 Å². The molecule has 1 fully saturated rings. The van der Waals surface area contributed by atoms with Crippen LogP contribution in [-0.4, -0.2) is 34.6 Å². The summed E-state index contributed by atoms with van der Waals surface area (Å²) in [7, 11) is 0. The van der Waals surface area contributed by atoms with Gasteiger partial charge in [0.2, 0.25) is 0 Å². The lowest BCUT2D eigenvalue weighted by molar-refractivity contribution is -0.153. The van der Waals surface area contributed by atoms with Gasteiger partial charge in [0.25, 0.3) is 11.5 Å². The van der Waals surface area contributed by atoms with Crippen molar-refractivity contribution in [1.82, 2.24) is 9.55 Å². The van der Waals surface area contributed by atoms with Crippen molar-refractivity contribution in [2.24, 2.45) is 11.8 Å². The number of ether oxygens (including phenoxy) is 1. The number of aromatic amines is 1. The Labute approximate surface area is 192 Å². The van der Waals surface area contributed by atoms with Crippen molar-refractivity contribution in [3.8, 4) is 0 Å². The molecule has 0 aliphatic heterocycles. The zero-order chi connectivity index (χ0) is 24.0. The maximum absolute atomic E-state index is 13.1. The van der Waals surface area contributed by atoms with E-state index < -0.39 is 23.8 Å². The second kappa shape index (κ2) is 11.0. The molecule has 1 saturated carbocycles. The summed E-state index contributed by atoms with van der Waals surface area (Å²) in [6.45, 7) is 3.60.